The molecule has 0 bridgehead atoms. The van der Waals surface area contributed by atoms with Crippen molar-refractivity contribution in [3.8, 4) is 11.3 Å². The van der Waals surface area contributed by atoms with Gasteiger partial charge in [-0.3, -0.25) is 10.0 Å². The number of furan rings is 1. The molecule has 1 heterocycles. The molecule has 0 saturated heterocycles. The highest BCUT2D eigenvalue weighted by atomic mass is 16.5. The Morgan fingerprint density at radius 3 is 2.54 bits per heavy atom. The van der Waals surface area contributed by atoms with E-state index in [1.165, 1.54) is 24.5 Å². The number of carbonyl (C=O) groups is 1. The number of rotatable bonds is 9. The lowest BCUT2D eigenvalue weighted by Gasteiger charge is -2.09. The van der Waals surface area contributed by atoms with Crippen LogP contribution in [-0.2, 0) is 6.54 Å². The first kappa shape index (κ1) is 18.2. The summed E-state index contributed by atoms with van der Waals surface area (Å²) in [5, 5.41) is 12.0. The number of nitrogens with zero attached hydrogens (tertiary/aromatic N) is 1. The van der Waals surface area contributed by atoms with Crippen LogP contribution in [0.25, 0.3) is 11.3 Å². The lowest BCUT2D eigenvalue weighted by Crippen LogP contribution is -2.18. The average Bonchev–Trinajstić information content (AvgIpc) is 3.07. The fourth-order valence-electron chi connectivity index (χ4n) is 2.37. The molecule has 0 saturated carbocycles. The summed E-state index contributed by atoms with van der Waals surface area (Å²) in [7, 11) is 4.18. The minimum Gasteiger partial charge on any atom is -0.451 e. The highest BCUT2D eigenvalue weighted by Gasteiger charge is 2.11. The summed E-state index contributed by atoms with van der Waals surface area (Å²) in [5.41, 5.74) is 3.65. The number of hydroxylamine groups is 1. The van der Waals surface area contributed by atoms with Crippen molar-refractivity contribution in [1.29, 1.82) is 0 Å². The van der Waals surface area contributed by atoms with Gasteiger partial charge in [-0.2, -0.15) is 0 Å². The van der Waals surface area contributed by atoms with Crippen molar-refractivity contribution in [2.75, 3.05) is 27.2 Å². The van der Waals surface area contributed by atoms with Crippen molar-refractivity contribution < 1.29 is 14.4 Å². The van der Waals surface area contributed by atoms with Crippen LogP contribution >= 0.6 is 0 Å². The summed E-state index contributed by atoms with van der Waals surface area (Å²) in [6.45, 7) is 2.96. The van der Waals surface area contributed by atoms with Crippen molar-refractivity contribution in [2.24, 2.45) is 0 Å². The van der Waals surface area contributed by atoms with E-state index in [0.29, 0.717) is 5.76 Å². The van der Waals surface area contributed by atoms with Crippen LogP contribution < -0.4 is 10.8 Å². The predicted octanol–water partition coefficient (Wildman–Crippen LogP) is 2.50. The van der Waals surface area contributed by atoms with E-state index < -0.39 is 5.91 Å². The Labute approximate surface area is 142 Å². The van der Waals surface area contributed by atoms with Crippen LogP contribution in [-0.4, -0.2) is 43.2 Å². The first-order valence-electron chi connectivity index (χ1n) is 8.09. The Bertz CT molecular complexity index is 635. The van der Waals surface area contributed by atoms with Gasteiger partial charge in [0.2, 0.25) is 0 Å². The monoisotopic (exact) mass is 331 g/mol. The average molecular weight is 331 g/mol. The quantitative estimate of drug-likeness (QED) is 0.374. The maximum atomic E-state index is 11.3. The van der Waals surface area contributed by atoms with Crippen molar-refractivity contribution in [3.05, 3.63) is 47.7 Å². The Morgan fingerprint density at radius 1 is 1.12 bits per heavy atom. The summed E-state index contributed by atoms with van der Waals surface area (Å²) in [6, 6.07) is 11.2. The van der Waals surface area contributed by atoms with Crippen LogP contribution in [0.4, 0.5) is 0 Å². The van der Waals surface area contributed by atoms with Crippen LogP contribution in [0.15, 0.2) is 40.8 Å². The van der Waals surface area contributed by atoms with E-state index in [4.69, 9.17) is 9.62 Å². The number of amides is 1. The molecule has 0 aliphatic carbocycles. The molecule has 0 aliphatic rings. The summed E-state index contributed by atoms with van der Waals surface area (Å²) in [5.74, 6) is 0.0177. The molecule has 130 valence electrons. The minimum absolute atomic E-state index is 0.0796. The largest absolute Gasteiger partial charge is 0.451 e. The highest BCUT2D eigenvalue weighted by Crippen LogP contribution is 2.22. The number of unbranched alkanes of at least 4 members (excludes halogenated alkanes) is 1. The summed E-state index contributed by atoms with van der Waals surface area (Å²) >= 11 is 0. The van der Waals surface area contributed by atoms with Gasteiger partial charge in [0, 0.05) is 12.1 Å². The van der Waals surface area contributed by atoms with Crippen molar-refractivity contribution in [2.45, 2.75) is 19.4 Å². The molecule has 1 amide bonds. The number of benzene rings is 1. The zero-order valence-corrected chi connectivity index (χ0v) is 14.2. The van der Waals surface area contributed by atoms with Gasteiger partial charge in [0.25, 0.3) is 0 Å². The van der Waals surface area contributed by atoms with E-state index in [9.17, 15) is 4.79 Å². The second-order valence-corrected chi connectivity index (χ2v) is 5.99. The molecule has 2 aromatic rings. The predicted molar refractivity (Wildman–Crippen MR) is 92.9 cm³/mol. The van der Waals surface area contributed by atoms with Crippen LogP contribution in [0, 0.1) is 0 Å². The summed E-state index contributed by atoms with van der Waals surface area (Å²) < 4.78 is 5.42. The van der Waals surface area contributed by atoms with Crippen LogP contribution in [0.1, 0.15) is 29.0 Å². The van der Waals surface area contributed by atoms with Crippen molar-refractivity contribution in [1.82, 2.24) is 15.7 Å². The molecule has 0 aliphatic heterocycles. The fraction of sp³-hybridized carbons (Fsp3) is 0.389. The molecule has 2 rings (SSSR count). The lowest BCUT2D eigenvalue weighted by atomic mass is 10.1. The topological polar surface area (TPSA) is 77.7 Å². The Morgan fingerprint density at radius 2 is 1.88 bits per heavy atom. The lowest BCUT2D eigenvalue weighted by molar-refractivity contribution is 0.0677. The normalized spacial score (nSPS) is 11.0. The third kappa shape index (κ3) is 5.49. The van der Waals surface area contributed by atoms with Gasteiger partial charge in [-0.1, -0.05) is 24.3 Å². The number of hydrogen-bond donors (Lipinski definition) is 3. The van der Waals surface area contributed by atoms with E-state index in [1.807, 2.05) is 24.3 Å². The fourth-order valence-corrected chi connectivity index (χ4v) is 2.37. The van der Waals surface area contributed by atoms with E-state index >= 15 is 0 Å². The molecule has 0 radical (unpaired) electrons. The number of carbonyl (C=O) groups excluding carboxylic acids is 1. The van der Waals surface area contributed by atoms with Crippen LogP contribution in [0.2, 0.25) is 0 Å². The maximum Gasteiger partial charge on any atom is 0.310 e. The molecular formula is C18H25N3O3. The zero-order valence-electron chi connectivity index (χ0n) is 14.2. The van der Waals surface area contributed by atoms with E-state index in [2.05, 4.69) is 24.3 Å². The van der Waals surface area contributed by atoms with Gasteiger partial charge in [0.15, 0.2) is 5.76 Å². The first-order chi connectivity index (χ1) is 11.6. The number of hydrogen-bond acceptors (Lipinski definition) is 5. The van der Waals surface area contributed by atoms with Crippen LogP contribution in [0.5, 0.6) is 0 Å². The zero-order chi connectivity index (χ0) is 17.4. The van der Waals surface area contributed by atoms with Crippen molar-refractivity contribution >= 4 is 5.91 Å². The van der Waals surface area contributed by atoms with Gasteiger partial charge in [0.1, 0.15) is 5.76 Å². The first-order valence-corrected chi connectivity index (χ1v) is 8.09. The van der Waals surface area contributed by atoms with Gasteiger partial charge in [-0.25, -0.2) is 5.48 Å². The molecule has 1 aromatic heterocycles. The van der Waals surface area contributed by atoms with Gasteiger partial charge < -0.3 is 14.6 Å². The molecule has 6 nitrogen and oxygen atoms in total. The van der Waals surface area contributed by atoms with Gasteiger partial charge in [-0.05, 0) is 57.7 Å². The van der Waals surface area contributed by atoms with E-state index in [-0.39, 0.29) is 5.76 Å². The second-order valence-electron chi connectivity index (χ2n) is 5.99. The highest BCUT2D eigenvalue weighted by molar-refractivity contribution is 5.91. The molecule has 1 aromatic carbocycles. The standard InChI is InChI=1S/C18H25N3O3/c1-21(2)12-4-3-11-19-13-14-5-7-15(8-6-14)16-9-10-17(24-16)18(22)20-23/h5-10,19,23H,3-4,11-13H2,1-2H3,(H,20,22). The smallest absolute Gasteiger partial charge is 0.310 e. The second kappa shape index (κ2) is 9.22. The third-order valence-electron chi connectivity index (χ3n) is 3.71. The van der Waals surface area contributed by atoms with Crippen LogP contribution in [0.3, 0.4) is 0 Å². The summed E-state index contributed by atoms with van der Waals surface area (Å²) in [6.07, 6.45) is 2.36. The molecule has 0 spiro atoms. The molecule has 6 heteroatoms. The van der Waals surface area contributed by atoms with Gasteiger partial charge in [-0.15, -0.1) is 0 Å². The summed E-state index contributed by atoms with van der Waals surface area (Å²) in [4.78, 5) is 13.5. The third-order valence-corrected chi connectivity index (χ3v) is 3.71. The molecule has 24 heavy (non-hydrogen) atoms. The molecular weight excluding hydrogens is 306 g/mol. The molecule has 0 atom stereocenters. The Hall–Kier alpha value is -2.15. The Balaban J connectivity index is 1.80. The molecule has 0 unspecified atom stereocenters. The number of nitrogens with one attached hydrogen (secondary N) is 2. The Kier molecular flexibility index (Phi) is 6.99. The van der Waals surface area contributed by atoms with E-state index in [1.54, 1.807) is 11.5 Å². The van der Waals surface area contributed by atoms with Gasteiger partial charge >= 0.3 is 5.91 Å². The van der Waals surface area contributed by atoms with Gasteiger partial charge in [0.05, 0.1) is 0 Å². The van der Waals surface area contributed by atoms with Crippen molar-refractivity contribution in [3.63, 3.8) is 0 Å². The SMILES string of the molecule is CN(C)CCCCNCc1ccc(-c2ccc(C(=O)NO)o2)cc1. The molecule has 0 fully saturated rings. The molecule has 3 N–H and O–H groups in total. The maximum absolute atomic E-state index is 11.3. The minimum atomic E-state index is -0.656. The van der Waals surface area contributed by atoms with E-state index in [0.717, 1.165) is 25.2 Å².